The van der Waals surface area contributed by atoms with E-state index in [2.05, 4.69) is 34.9 Å². The number of Topliss-reactive ketones (excluding diaryl/α,β-unsaturated/α-hetero) is 1. The Balaban J connectivity index is 0.000000349. The highest BCUT2D eigenvalue weighted by Crippen LogP contribution is 2.37. The van der Waals surface area contributed by atoms with E-state index in [0.29, 0.717) is 5.92 Å². The maximum Gasteiger partial charge on any atom is 0.303 e. The number of fused-ring (bicyclic) bond motifs is 2. The zero-order chi connectivity index (χ0) is 26.2. The maximum atomic E-state index is 10.1. The Bertz CT molecular complexity index is 1220. The van der Waals surface area contributed by atoms with Crippen LogP contribution in [-0.4, -0.2) is 34.9 Å². The number of aromatic nitrogens is 1. The van der Waals surface area contributed by atoms with Crippen LogP contribution in [0.1, 0.15) is 79.5 Å². The number of hydrogen-bond donors (Lipinski definition) is 3. The third-order valence-electron chi connectivity index (χ3n) is 7.07. The molecular weight excluding hydrogens is 506 g/mol. The highest BCUT2D eigenvalue weighted by Gasteiger charge is 2.19. The number of carboxylic acids is 1. The number of nitrogens with zero attached hydrogens (tertiary/aromatic N) is 1. The number of carbonyl (C=O) groups is 2. The van der Waals surface area contributed by atoms with Crippen LogP contribution in [-0.2, 0) is 29.0 Å². The van der Waals surface area contributed by atoms with E-state index < -0.39 is 5.97 Å². The van der Waals surface area contributed by atoms with Crippen LogP contribution in [0.15, 0.2) is 30.3 Å². The first-order valence-electron chi connectivity index (χ1n) is 13.3. The average Bonchev–Trinajstić information content (AvgIpc) is 3.17. The summed E-state index contributed by atoms with van der Waals surface area (Å²) in [6, 6.07) is 10.9. The number of carboxylic acid groups (broad SMARTS) is 1. The average molecular weight is 542 g/mol. The molecule has 1 saturated carbocycles. The molecule has 1 aliphatic carbocycles. The van der Waals surface area contributed by atoms with Crippen molar-refractivity contribution in [2.24, 2.45) is 0 Å². The standard InChI is InChI=1S/C24H28ClN3S.C5H8O3/c25-20-8-7-17-10-12-26-13-11-19(17)23(20)27-15-16-6-9-21-22(14-16)29-24(28-21)18-4-2-1-3-5-18;1-4(6)2-3-5(7)8/h6-9,14,18,26-27H,1-5,10-13,15H2;2-3H2,1H3,(H,7,8). The first-order valence-corrected chi connectivity index (χ1v) is 14.5. The molecule has 0 radical (unpaired) electrons. The van der Waals surface area contributed by atoms with Crippen LogP contribution in [0, 0.1) is 0 Å². The van der Waals surface area contributed by atoms with Gasteiger partial charge in [0, 0.05) is 18.9 Å². The van der Waals surface area contributed by atoms with Crippen LogP contribution in [0.25, 0.3) is 10.2 Å². The number of benzene rings is 2. The first kappa shape index (κ1) is 27.6. The molecule has 6 nitrogen and oxygen atoms in total. The summed E-state index contributed by atoms with van der Waals surface area (Å²) in [6.07, 6.45) is 8.90. The van der Waals surface area contributed by atoms with Gasteiger partial charge in [0.1, 0.15) is 5.78 Å². The minimum absolute atomic E-state index is 0.0463. The Hall–Kier alpha value is -2.48. The van der Waals surface area contributed by atoms with Gasteiger partial charge in [0.25, 0.3) is 0 Å². The molecule has 3 N–H and O–H groups in total. The molecule has 0 unspecified atom stereocenters. The Morgan fingerprint density at radius 3 is 2.62 bits per heavy atom. The van der Waals surface area contributed by atoms with Crippen LogP contribution in [0.3, 0.4) is 0 Å². The van der Waals surface area contributed by atoms with Gasteiger partial charge in [0.15, 0.2) is 0 Å². The van der Waals surface area contributed by atoms with Gasteiger partial charge < -0.3 is 20.5 Å². The van der Waals surface area contributed by atoms with Gasteiger partial charge in [-0.25, -0.2) is 4.98 Å². The lowest BCUT2D eigenvalue weighted by atomic mass is 9.90. The number of rotatable bonds is 7. The predicted molar refractivity (Wildman–Crippen MR) is 152 cm³/mol. The van der Waals surface area contributed by atoms with Crippen molar-refractivity contribution in [3.8, 4) is 0 Å². The highest BCUT2D eigenvalue weighted by molar-refractivity contribution is 7.18. The van der Waals surface area contributed by atoms with Gasteiger partial charge >= 0.3 is 5.97 Å². The smallest absolute Gasteiger partial charge is 0.303 e. The summed E-state index contributed by atoms with van der Waals surface area (Å²) in [4.78, 5) is 24.8. The second kappa shape index (κ2) is 13.4. The molecule has 2 aliphatic rings. The molecule has 198 valence electrons. The van der Waals surface area contributed by atoms with E-state index in [0.717, 1.165) is 48.7 Å². The van der Waals surface area contributed by atoms with Gasteiger partial charge in [-0.15, -0.1) is 11.3 Å². The minimum Gasteiger partial charge on any atom is -0.481 e. The molecule has 0 bridgehead atoms. The van der Waals surface area contributed by atoms with Gasteiger partial charge in [0.2, 0.25) is 0 Å². The molecule has 37 heavy (non-hydrogen) atoms. The summed E-state index contributed by atoms with van der Waals surface area (Å²) in [5.74, 6) is -0.317. The predicted octanol–water partition coefficient (Wildman–Crippen LogP) is 6.74. The Morgan fingerprint density at radius 2 is 1.89 bits per heavy atom. The Kier molecular flexibility index (Phi) is 9.95. The number of nitrogens with one attached hydrogen (secondary N) is 2. The molecule has 3 aromatic rings. The topological polar surface area (TPSA) is 91.3 Å². The fraction of sp³-hybridized carbons (Fsp3) is 0.483. The van der Waals surface area contributed by atoms with E-state index in [-0.39, 0.29) is 18.6 Å². The van der Waals surface area contributed by atoms with Crippen molar-refractivity contribution in [3.05, 3.63) is 57.1 Å². The van der Waals surface area contributed by atoms with Crippen molar-refractivity contribution in [2.75, 3.05) is 18.4 Å². The lowest BCUT2D eigenvalue weighted by molar-refractivity contribution is -0.138. The van der Waals surface area contributed by atoms with E-state index in [1.165, 1.54) is 65.4 Å². The first-order chi connectivity index (χ1) is 17.9. The van der Waals surface area contributed by atoms with E-state index in [9.17, 15) is 9.59 Å². The number of ketones is 1. The summed E-state index contributed by atoms with van der Waals surface area (Å²) in [5, 5.41) is 17.3. The van der Waals surface area contributed by atoms with Crippen LogP contribution < -0.4 is 10.6 Å². The van der Waals surface area contributed by atoms with Gasteiger partial charge in [-0.05, 0) is 80.6 Å². The van der Waals surface area contributed by atoms with E-state index in [1.54, 1.807) is 0 Å². The van der Waals surface area contributed by atoms with Crippen LogP contribution in [0.5, 0.6) is 0 Å². The molecule has 0 atom stereocenters. The SMILES string of the molecule is CC(=O)CCC(=O)O.Clc1ccc2c(c1NCc1ccc3nc(C4CCCCC4)sc3c1)CCNCC2. The molecule has 2 aromatic carbocycles. The Labute approximate surface area is 227 Å². The molecular formula is C29H36ClN3O3S. The number of anilines is 1. The van der Waals surface area contributed by atoms with Crippen molar-refractivity contribution in [3.63, 3.8) is 0 Å². The van der Waals surface area contributed by atoms with Crippen molar-refractivity contribution in [1.82, 2.24) is 10.3 Å². The third kappa shape index (κ3) is 7.76. The fourth-order valence-corrected chi connectivity index (χ4v) is 6.47. The summed E-state index contributed by atoms with van der Waals surface area (Å²) >= 11 is 8.47. The zero-order valence-electron chi connectivity index (χ0n) is 21.4. The molecule has 0 amide bonds. The molecule has 1 aliphatic heterocycles. The van der Waals surface area contributed by atoms with E-state index in [1.807, 2.05) is 17.4 Å². The number of thiazole rings is 1. The van der Waals surface area contributed by atoms with Crippen LogP contribution in [0.2, 0.25) is 5.02 Å². The van der Waals surface area contributed by atoms with Crippen LogP contribution in [0.4, 0.5) is 5.69 Å². The summed E-state index contributed by atoms with van der Waals surface area (Å²) in [7, 11) is 0. The highest BCUT2D eigenvalue weighted by atomic mass is 35.5. The minimum atomic E-state index is -0.916. The molecule has 0 spiro atoms. The van der Waals surface area contributed by atoms with Crippen molar-refractivity contribution >= 4 is 50.6 Å². The van der Waals surface area contributed by atoms with E-state index in [4.69, 9.17) is 21.7 Å². The maximum absolute atomic E-state index is 10.1. The quantitative estimate of drug-likeness (QED) is 0.307. The molecule has 2 heterocycles. The number of carbonyl (C=O) groups excluding carboxylic acids is 1. The number of hydrogen-bond acceptors (Lipinski definition) is 6. The molecule has 1 fully saturated rings. The molecule has 5 rings (SSSR count). The molecule has 1 aromatic heterocycles. The van der Waals surface area contributed by atoms with Crippen molar-refractivity contribution < 1.29 is 14.7 Å². The second-order valence-corrected chi connectivity index (χ2v) is 11.4. The van der Waals surface area contributed by atoms with Gasteiger partial charge in [-0.3, -0.25) is 4.79 Å². The summed E-state index contributed by atoms with van der Waals surface area (Å²) in [5.41, 5.74) is 6.34. The third-order valence-corrected chi connectivity index (χ3v) is 8.56. The second-order valence-electron chi connectivity index (χ2n) is 9.95. The zero-order valence-corrected chi connectivity index (χ0v) is 23.0. The normalized spacial score (nSPS) is 15.8. The summed E-state index contributed by atoms with van der Waals surface area (Å²) < 4.78 is 1.31. The van der Waals surface area contributed by atoms with Gasteiger partial charge in [-0.1, -0.05) is 43.0 Å². The monoisotopic (exact) mass is 541 g/mol. The Morgan fingerprint density at radius 1 is 1.11 bits per heavy atom. The molecule has 0 saturated heterocycles. The largest absolute Gasteiger partial charge is 0.481 e. The lowest BCUT2D eigenvalue weighted by Gasteiger charge is -2.18. The van der Waals surface area contributed by atoms with Crippen molar-refractivity contribution in [1.29, 1.82) is 0 Å². The van der Waals surface area contributed by atoms with E-state index >= 15 is 0 Å². The lowest BCUT2D eigenvalue weighted by Crippen LogP contribution is -2.16. The molecule has 8 heteroatoms. The number of aliphatic carboxylic acids is 1. The number of halogens is 1. The summed E-state index contributed by atoms with van der Waals surface area (Å²) in [6.45, 7) is 4.22. The van der Waals surface area contributed by atoms with Crippen molar-refractivity contribution in [2.45, 2.75) is 77.2 Å². The van der Waals surface area contributed by atoms with Gasteiger partial charge in [0.05, 0.1) is 32.4 Å². The fourth-order valence-electron chi connectivity index (χ4n) is 5.03. The van der Waals surface area contributed by atoms with Crippen LogP contribution >= 0.6 is 22.9 Å². The van der Waals surface area contributed by atoms with Gasteiger partial charge in [-0.2, -0.15) is 0 Å².